The van der Waals surface area contributed by atoms with Gasteiger partial charge in [0.1, 0.15) is 5.75 Å². The Kier molecular flexibility index (Phi) is 5.62. The predicted molar refractivity (Wildman–Crippen MR) is 86.8 cm³/mol. The third-order valence-corrected chi connectivity index (χ3v) is 4.36. The number of benzene rings is 1. The molecular formula is C17H23NOS. The van der Waals surface area contributed by atoms with Gasteiger partial charge in [-0.3, -0.25) is 0 Å². The summed E-state index contributed by atoms with van der Waals surface area (Å²) in [5, 5.41) is 5.79. The Morgan fingerprint density at radius 2 is 2.05 bits per heavy atom. The minimum atomic E-state index is 0.260. The lowest BCUT2D eigenvalue weighted by Gasteiger charge is -2.19. The van der Waals surface area contributed by atoms with Crippen LogP contribution in [0.2, 0.25) is 0 Å². The van der Waals surface area contributed by atoms with Gasteiger partial charge in [0.05, 0.1) is 12.6 Å². The number of thiophene rings is 1. The van der Waals surface area contributed by atoms with Crippen LogP contribution in [0.15, 0.2) is 35.7 Å². The van der Waals surface area contributed by atoms with Crippen molar-refractivity contribution in [3.63, 3.8) is 0 Å². The standard InChI is InChI=1S/C17H23NOS/c1-4-13-10-11-20-17(13)16(18-5-2)14-8-7-9-15(12-14)19-6-3/h7-12,16,18H,4-6H2,1-3H3. The van der Waals surface area contributed by atoms with Crippen LogP contribution in [0, 0.1) is 0 Å². The molecule has 0 aliphatic rings. The Morgan fingerprint density at radius 3 is 2.75 bits per heavy atom. The van der Waals surface area contributed by atoms with Crippen LogP contribution < -0.4 is 10.1 Å². The van der Waals surface area contributed by atoms with E-state index in [4.69, 9.17) is 4.74 Å². The zero-order chi connectivity index (χ0) is 14.4. The average molecular weight is 289 g/mol. The highest BCUT2D eigenvalue weighted by atomic mass is 32.1. The van der Waals surface area contributed by atoms with E-state index in [1.807, 2.05) is 24.3 Å². The summed E-state index contributed by atoms with van der Waals surface area (Å²) < 4.78 is 5.62. The largest absolute Gasteiger partial charge is 0.494 e. The first kappa shape index (κ1) is 15.1. The van der Waals surface area contributed by atoms with Gasteiger partial charge in [-0.2, -0.15) is 0 Å². The minimum absolute atomic E-state index is 0.260. The van der Waals surface area contributed by atoms with E-state index in [0.717, 1.165) is 18.7 Å². The van der Waals surface area contributed by atoms with Crippen LogP contribution in [0.1, 0.15) is 42.8 Å². The molecule has 2 rings (SSSR count). The topological polar surface area (TPSA) is 21.3 Å². The maximum atomic E-state index is 5.62. The van der Waals surface area contributed by atoms with Crippen molar-refractivity contribution >= 4 is 11.3 Å². The highest BCUT2D eigenvalue weighted by Crippen LogP contribution is 2.31. The molecule has 1 N–H and O–H groups in total. The van der Waals surface area contributed by atoms with Crippen molar-refractivity contribution in [3.05, 3.63) is 51.7 Å². The first-order valence-corrected chi connectivity index (χ1v) is 8.20. The number of rotatable bonds is 7. The van der Waals surface area contributed by atoms with Gasteiger partial charge in [0.25, 0.3) is 0 Å². The van der Waals surface area contributed by atoms with Gasteiger partial charge < -0.3 is 10.1 Å². The van der Waals surface area contributed by atoms with E-state index in [0.29, 0.717) is 6.61 Å². The lowest BCUT2D eigenvalue weighted by molar-refractivity contribution is 0.339. The van der Waals surface area contributed by atoms with Crippen molar-refractivity contribution in [3.8, 4) is 5.75 Å². The quantitative estimate of drug-likeness (QED) is 0.815. The van der Waals surface area contributed by atoms with E-state index < -0.39 is 0 Å². The van der Waals surface area contributed by atoms with Crippen LogP contribution in [0.3, 0.4) is 0 Å². The second-order valence-electron chi connectivity index (χ2n) is 4.66. The summed E-state index contributed by atoms with van der Waals surface area (Å²) in [6, 6.07) is 10.9. The molecule has 0 aliphatic carbocycles. The third kappa shape index (κ3) is 3.41. The summed E-state index contributed by atoms with van der Waals surface area (Å²) in [6.07, 6.45) is 1.08. The van der Waals surface area contributed by atoms with Crippen LogP contribution in [-0.2, 0) is 6.42 Å². The fourth-order valence-electron chi connectivity index (χ4n) is 2.41. The number of ether oxygens (including phenoxy) is 1. The average Bonchev–Trinajstić information content (AvgIpc) is 2.93. The highest BCUT2D eigenvalue weighted by Gasteiger charge is 2.17. The monoisotopic (exact) mass is 289 g/mol. The van der Waals surface area contributed by atoms with E-state index in [1.165, 1.54) is 16.0 Å². The summed E-state index contributed by atoms with van der Waals surface area (Å²) in [4.78, 5) is 1.42. The van der Waals surface area contributed by atoms with E-state index in [9.17, 15) is 0 Å². The molecule has 2 aromatic rings. The second kappa shape index (κ2) is 7.46. The van der Waals surface area contributed by atoms with E-state index >= 15 is 0 Å². The molecular weight excluding hydrogens is 266 g/mol. The fraction of sp³-hybridized carbons (Fsp3) is 0.412. The molecule has 2 nitrogen and oxygen atoms in total. The van der Waals surface area contributed by atoms with Crippen molar-refractivity contribution in [1.82, 2.24) is 5.32 Å². The molecule has 0 saturated heterocycles. The van der Waals surface area contributed by atoms with Crippen LogP contribution in [0.4, 0.5) is 0 Å². The summed E-state index contributed by atoms with van der Waals surface area (Å²) in [5.74, 6) is 0.947. The molecule has 0 amide bonds. The summed E-state index contributed by atoms with van der Waals surface area (Å²) >= 11 is 1.83. The van der Waals surface area contributed by atoms with Gasteiger partial charge in [-0.1, -0.05) is 26.0 Å². The Hall–Kier alpha value is -1.32. The van der Waals surface area contributed by atoms with Crippen molar-refractivity contribution in [2.24, 2.45) is 0 Å². The molecule has 0 saturated carbocycles. The molecule has 1 aromatic carbocycles. The molecule has 0 radical (unpaired) electrons. The molecule has 0 aliphatic heterocycles. The Bertz CT molecular complexity index is 535. The molecule has 1 heterocycles. The summed E-state index contributed by atoms with van der Waals surface area (Å²) in [5.41, 5.74) is 2.71. The number of hydrogen-bond acceptors (Lipinski definition) is 3. The van der Waals surface area contributed by atoms with Gasteiger partial charge >= 0.3 is 0 Å². The molecule has 1 atom stereocenters. The maximum absolute atomic E-state index is 5.62. The number of hydrogen-bond donors (Lipinski definition) is 1. The molecule has 0 spiro atoms. The van der Waals surface area contributed by atoms with Crippen molar-refractivity contribution < 1.29 is 4.74 Å². The highest BCUT2D eigenvalue weighted by molar-refractivity contribution is 7.10. The minimum Gasteiger partial charge on any atom is -0.494 e. The molecule has 108 valence electrons. The van der Waals surface area contributed by atoms with Crippen molar-refractivity contribution in [2.75, 3.05) is 13.2 Å². The Morgan fingerprint density at radius 1 is 1.20 bits per heavy atom. The van der Waals surface area contributed by atoms with Gasteiger partial charge in [-0.05, 0) is 54.6 Å². The van der Waals surface area contributed by atoms with Crippen molar-refractivity contribution in [2.45, 2.75) is 33.2 Å². The first-order chi connectivity index (χ1) is 9.80. The van der Waals surface area contributed by atoms with Crippen LogP contribution in [0.5, 0.6) is 5.75 Å². The molecule has 20 heavy (non-hydrogen) atoms. The number of aryl methyl sites for hydroxylation is 1. The molecule has 1 aromatic heterocycles. The molecule has 3 heteroatoms. The lowest BCUT2D eigenvalue weighted by atomic mass is 10.0. The van der Waals surface area contributed by atoms with Crippen LogP contribution in [-0.4, -0.2) is 13.2 Å². The van der Waals surface area contributed by atoms with Gasteiger partial charge in [0, 0.05) is 4.88 Å². The Balaban J connectivity index is 2.35. The fourth-order valence-corrected chi connectivity index (χ4v) is 3.51. The molecule has 1 unspecified atom stereocenters. The molecule has 0 fully saturated rings. The smallest absolute Gasteiger partial charge is 0.119 e. The van der Waals surface area contributed by atoms with Crippen molar-refractivity contribution in [1.29, 1.82) is 0 Å². The number of nitrogens with one attached hydrogen (secondary N) is 1. The summed E-state index contributed by atoms with van der Waals surface area (Å²) in [6.45, 7) is 8.03. The van der Waals surface area contributed by atoms with E-state index in [2.05, 4.69) is 48.8 Å². The van der Waals surface area contributed by atoms with Gasteiger partial charge in [0.2, 0.25) is 0 Å². The SMILES string of the molecule is CCNC(c1cccc(OCC)c1)c1sccc1CC. The normalized spacial score (nSPS) is 12.3. The third-order valence-electron chi connectivity index (χ3n) is 3.33. The molecule has 0 bridgehead atoms. The lowest BCUT2D eigenvalue weighted by Crippen LogP contribution is -2.22. The van der Waals surface area contributed by atoms with E-state index in [1.54, 1.807) is 0 Å². The van der Waals surface area contributed by atoms with Gasteiger partial charge in [0.15, 0.2) is 0 Å². The second-order valence-corrected chi connectivity index (χ2v) is 5.61. The van der Waals surface area contributed by atoms with E-state index in [-0.39, 0.29) is 6.04 Å². The van der Waals surface area contributed by atoms with Gasteiger partial charge in [-0.15, -0.1) is 11.3 Å². The zero-order valence-corrected chi connectivity index (χ0v) is 13.3. The first-order valence-electron chi connectivity index (χ1n) is 7.32. The zero-order valence-electron chi connectivity index (χ0n) is 12.5. The summed E-state index contributed by atoms with van der Waals surface area (Å²) in [7, 11) is 0. The van der Waals surface area contributed by atoms with Gasteiger partial charge in [-0.25, -0.2) is 0 Å². The van der Waals surface area contributed by atoms with Crippen LogP contribution in [0.25, 0.3) is 0 Å². The van der Waals surface area contributed by atoms with Crippen LogP contribution >= 0.6 is 11.3 Å². The maximum Gasteiger partial charge on any atom is 0.119 e. The predicted octanol–water partition coefficient (Wildman–Crippen LogP) is 4.41. The Labute approximate surface area is 125 Å².